The molecule has 33 heavy (non-hydrogen) atoms. The number of rotatable bonds is 0. The number of carbonyl (C=O) groups is 4. The van der Waals surface area contributed by atoms with Crippen LogP contribution in [0.15, 0.2) is 109 Å². The van der Waals surface area contributed by atoms with Crippen molar-refractivity contribution in [2.75, 3.05) is 0 Å². The van der Waals surface area contributed by atoms with Crippen LogP contribution < -0.4 is 0 Å². The van der Waals surface area contributed by atoms with Gasteiger partial charge in [0.2, 0.25) is 0 Å². The predicted octanol–water partition coefficient (Wildman–Crippen LogP) is 5.46. The normalized spacial score (nSPS) is 13.2. The van der Waals surface area contributed by atoms with E-state index in [1.807, 2.05) is 0 Å². The SMILES string of the molecule is O=C1C=CC(=O)c2ccccc21.O=C1OC(=O)c2ccccc21.c1ccc2ccccc2c1. The molecule has 0 spiro atoms. The summed E-state index contributed by atoms with van der Waals surface area (Å²) in [6, 6.07) is 30.1. The number of benzene rings is 4. The smallest absolute Gasteiger partial charge is 0.346 e. The number of ether oxygens (including phenoxy) is 1. The second kappa shape index (κ2) is 9.66. The first-order valence-electron chi connectivity index (χ1n) is 10.2. The predicted molar refractivity (Wildman–Crippen MR) is 124 cm³/mol. The van der Waals surface area contributed by atoms with E-state index >= 15 is 0 Å². The van der Waals surface area contributed by atoms with Gasteiger partial charge in [0.1, 0.15) is 0 Å². The standard InChI is InChI=1S/C10H6O2.C10H8.C8H4O3/c11-9-5-6-10(12)8-4-2-1-3-7(8)9;1-2-6-10-8-4-3-7-9(10)5-1;9-7-5-3-1-2-4-6(5)8(10)11-7/h1-6H;1-8H;1-4H. The first kappa shape index (κ1) is 21.6. The fourth-order valence-electron chi connectivity index (χ4n) is 3.41. The molecular formula is C28H18O5. The molecule has 0 atom stereocenters. The van der Waals surface area contributed by atoms with Crippen molar-refractivity contribution in [1.29, 1.82) is 0 Å². The third-order valence-corrected chi connectivity index (χ3v) is 5.06. The molecule has 4 aromatic rings. The first-order chi connectivity index (χ1) is 16.0. The highest BCUT2D eigenvalue weighted by Gasteiger charge is 2.28. The lowest BCUT2D eigenvalue weighted by Gasteiger charge is -2.06. The number of allylic oxidation sites excluding steroid dienone is 2. The molecule has 0 saturated carbocycles. The van der Waals surface area contributed by atoms with E-state index in [2.05, 4.69) is 53.3 Å². The fourth-order valence-corrected chi connectivity index (χ4v) is 3.41. The Bertz CT molecular complexity index is 1280. The summed E-state index contributed by atoms with van der Waals surface area (Å²) in [5.74, 6) is -1.29. The number of esters is 2. The minimum Gasteiger partial charge on any atom is -0.386 e. The number of hydrogen-bond donors (Lipinski definition) is 0. The van der Waals surface area contributed by atoms with E-state index in [9.17, 15) is 19.2 Å². The van der Waals surface area contributed by atoms with Gasteiger partial charge < -0.3 is 4.74 Å². The average molecular weight is 434 g/mol. The van der Waals surface area contributed by atoms with Crippen LogP contribution in [0.3, 0.4) is 0 Å². The van der Waals surface area contributed by atoms with Gasteiger partial charge in [-0.2, -0.15) is 0 Å². The van der Waals surface area contributed by atoms with Crippen LogP contribution in [-0.4, -0.2) is 23.5 Å². The summed E-state index contributed by atoms with van der Waals surface area (Å²) in [5.41, 5.74) is 1.73. The van der Waals surface area contributed by atoms with E-state index in [0.717, 1.165) is 0 Å². The number of hydrogen-bond acceptors (Lipinski definition) is 5. The van der Waals surface area contributed by atoms with Crippen molar-refractivity contribution >= 4 is 34.3 Å². The van der Waals surface area contributed by atoms with Crippen molar-refractivity contribution in [3.63, 3.8) is 0 Å². The Balaban J connectivity index is 0.000000118. The van der Waals surface area contributed by atoms with Gasteiger partial charge in [0.15, 0.2) is 11.6 Å². The van der Waals surface area contributed by atoms with Crippen molar-refractivity contribution in [2.24, 2.45) is 0 Å². The topological polar surface area (TPSA) is 77.5 Å². The Labute approximate surface area is 189 Å². The number of ketones is 2. The van der Waals surface area contributed by atoms with E-state index in [1.54, 1.807) is 48.5 Å². The van der Waals surface area contributed by atoms with Crippen LogP contribution in [0.5, 0.6) is 0 Å². The van der Waals surface area contributed by atoms with Crippen molar-refractivity contribution in [3.8, 4) is 0 Å². The molecule has 5 nitrogen and oxygen atoms in total. The fraction of sp³-hybridized carbons (Fsp3) is 0. The van der Waals surface area contributed by atoms with Crippen LogP contribution >= 0.6 is 0 Å². The largest absolute Gasteiger partial charge is 0.386 e. The first-order valence-corrected chi connectivity index (χ1v) is 10.2. The van der Waals surface area contributed by atoms with Gasteiger partial charge in [0.05, 0.1) is 11.1 Å². The summed E-state index contributed by atoms with van der Waals surface area (Å²) in [5, 5.41) is 2.62. The molecule has 6 rings (SSSR count). The average Bonchev–Trinajstić information content (AvgIpc) is 3.16. The molecule has 5 heteroatoms. The van der Waals surface area contributed by atoms with Crippen LogP contribution in [0.1, 0.15) is 41.4 Å². The molecule has 0 radical (unpaired) electrons. The van der Waals surface area contributed by atoms with E-state index in [-0.39, 0.29) is 11.6 Å². The van der Waals surface area contributed by atoms with E-state index in [1.165, 1.54) is 22.9 Å². The molecule has 1 aliphatic heterocycles. The Morgan fingerprint density at radius 2 is 0.697 bits per heavy atom. The van der Waals surface area contributed by atoms with E-state index in [0.29, 0.717) is 22.3 Å². The second-order valence-corrected chi connectivity index (χ2v) is 7.18. The van der Waals surface area contributed by atoms with Crippen LogP contribution in [-0.2, 0) is 4.74 Å². The summed E-state index contributed by atoms with van der Waals surface area (Å²) < 4.78 is 4.35. The van der Waals surface area contributed by atoms with Crippen LogP contribution in [0.2, 0.25) is 0 Å². The maximum atomic E-state index is 11.2. The molecule has 160 valence electrons. The Morgan fingerprint density at radius 1 is 0.394 bits per heavy atom. The molecule has 0 unspecified atom stereocenters. The van der Waals surface area contributed by atoms with Gasteiger partial charge in [0, 0.05) is 11.1 Å². The maximum absolute atomic E-state index is 11.2. The van der Waals surface area contributed by atoms with Crippen LogP contribution in [0, 0.1) is 0 Å². The number of cyclic esters (lactones) is 2. The Kier molecular flexibility index (Phi) is 6.32. The molecule has 0 fully saturated rings. The van der Waals surface area contributed by atoms with Crippen LogP contribution in [0.4, 0.5) is 0 Å². The van der Waals surface area contributed by atoms with E-state index < -0.39 is 11.9 Å². The van der Waals surface area contributed by atoms with Gasteiger partial charge >= 0.3 is 11.9 Å². The second-order valence-electron chi connectivity index (χ2n) is 7.18. The summed E-state index contributed by atoms with van der Waals surface area (Å²) in [7, 11) is 0. The summed E-state index contributed by atoms with van der Waals surface area (Å²) in [4.78, 5) is 44.0. The van der Waals surface area contributed by atoms with Crippen molar-refractivity contribution in [3.05, 3.63) is 131 Å². The van der Waals surface area contributed by atoms with Crippen molar-refractivity contribution in [2.45, 2.75) is 0 Å². The molecule has 0 N–H and O–H groups in total. The molecule has 4 aromatic carbocycles. The van der Waals surface area contributed by atoms with Gasteiger partial charge in [0.25, 0.3) is 0 Å². The summed E-state index contributed by atoms with van der Waals surface area (Å²) >= 11 is 0. The van der Waals surface area contributed by atoms with E-state index in [4.69, 9.17) is 0 Å². The highest BCUT2D eigenvalue weighted by Crippen LogP contribution is 2.18. The van der Waals surface area contributed by atoms with Gasteiger partial charge in [-0.05, 0) is 35.1 Å². The summed E-state index contributed by atoms with van der Waals surface area (Å²) in [6.45, 7) is 0. The molecule has 0 saturated heterocycles. The zero-order valence-corrected chi connectivity index (χ0v) is 17.4. The monoisotopic (exact) mass is 434 g/mol. The highest BCUT2D eigenvalue weighted by atomic mass is 16.6. The molecule has 1 aliphatic carbocycles. The molecule has 1 heterocycles. The number of carbonyl (C=O) groups excluding carboxylic acids is 4. The Hall–Kier alpha value is -4.64. The highest BCUT2D eigenvalue weighted by molar-refractivity contribution is 6.22. The zero-order chi connectivity index (χ0) is 23.2. The third kappa shape index (κ3) is 4.83. The maximum Gasteiger partial charge on any atom is 0.346 e. The lowest BCUT2D eigenvalue weighted by Crippen LogP contribution is -2.10. The van der Waals surface area contributed by atoms with Gasteiger partial charge in [-0.3, -0.25) is 9.59 Å². The van der Waals surface area contributed by atoms with Crippen LogP contribution in [0.25, 0.3) is 10.8 Å². The summed E-state index contributed by atoms with van der Waals surface area (Å²) in [6.07, 6.45) is 2.62. The van der Waals surface area contributed by atoms with Gasteiger partial charge in [-0.15, -0.1) is 0 Å². The zero-order valence-electron chi connectivity index (χ0n) is 17.4. The molecule has 0 aromatic heterocycles. The quantitative estimate of drug-likeness (QED) is 0.271. The Morgan fingerprint density at radius 3 is 1.06 bits per heavy atom. The van der Waals surface area contributed by atoms with Gasteiger partial charge in [-0.25, -0.2) is 9.59 Å². The lowest BCUT2D eigenvalue weighted by molar-refractivity contribution is 0.0443. The molecule has 0 bridgehead atoms. The minimum atomic E-state index is -0.550. The van der Waals surface area contributed by atoms with Crippen molar-refractivity contribution < 1.29 is 23.9 Å². The molecule has 0 amide bonds. The molecule has 2 aliphatic rings. The third-order valence-electron chi connectivity index (χ3n) is 5.06. The van der Waals surface area contributed by atoms with Gasteiger partial charge in [-0.1, -0.05) is 84.9 Å². The minimum absolute atomic E-state index is 0.0924. The lowest BCUT2D eigenvalue weighted by atomic mass is 9.95. The number of fused-ring (bicyclic) bond motifs is 3. The van der Waals surface area contributed by atoms with Crippen molar-refractivity contribution in [1.82, 2.24) is 0 Å². The molecular weight excluding hydrogens is 416 g/mol.